The zero-order valence-corrected chi connectivity index (χ0v) is 13.3. The van der Waals surface area contributed by atoms with E-state index in [4.69, 9.17) is 4.74 Å². The first-order valence-electron chi connectivity index (χ1n) is 7.30. The lowest BCUT2D eigenvalue weighted by molar-refractivity contribution is -0.0128. The van der Waals surface area contributed by atoms with Gasteiger partial charge in [-0.05, 0) is 61.1 Å². The predicted octanol–water partition coefficient (Wildman–Crippen LogP) is 2.61. The Morgan fingerprint density at radius 1 is 0.889 bits per heavy atom. The van der Waals surface area contributed by atoms with Crippen LogP contribution in [0.1, 0.15) is 48.0 Å². The molecule has 0 saturated carbocycles. The minimum absolute atomic E-state index is 0.0106. The molecule has 0 atom stereocenters. The van der Waals surface area contributed by atoms with Crippen LogP contribution in [-0.2, 0) is 4.74 Å². The molecule has 0 spiro atoms. The summed E-state index contributed by atoms with van der Waals surface area (Å²) in [4.78, 5) is 5.13. The van der Waals surface area contributed by atoms with Gasteiger partial charge in [0.25, 0.3) is 0 Å². The summed E-state index contributed by atoms with van der Waals surface area (Å²) in [5, 5.41) is 0. The molecule has 108 valence electrons. The Morgan fingerprint density at radius 3 is 2.11 bits per heavy atom. The SMILES string of the molecule is CC(C)(C)OCCN1CCCN(C(C)(C)C)CC1. The van der Waals surface area contributed by atoms with Crippen molar-refractivity contribution in [2.24, 2.45) is 0 Å². The molecule has 0 N–H and O–H groups in total. The lowest BCUT2D eigenvalue weighted by atomic mass is 10.1. The average molecular weight is 256 g/mol. The van der Waals surface area contributed by atoms with Crippen molar-refractivity contribution < 1.29 is 4.74 Å². The molecule has 0 aromatic rings. The van der Waals surface area contributed by atoms with Gasteiger partial charge in [0.05, 0.1) is 12.2 Å². The van der Waals surface area contributed by atoms with Gasteiger partial charge in [-0.2, -0.15) is 0 Å². The van der Waals surface area contributed by atoms with Gasteiger partial charge in [-0.15, -0.1) is 0 Å². The van der Waals surface area contributed by atoms with Crippen molar-refractivity contribution in [3.05, 3.63) is 0 Å². The molecular formula is C15H32N2O. The van der Waals surface area contributed by atoms with Crippen LogP contribution in [0.3, 0.4) is 0 Å². The molecule has 1 fully saturated rings. The number of hydrogen-bond donors (Lipinski definition) is 0. The van der Waals surface area contributed by atoms with E-state index < -0.39 is 0 Å². The second kappa shape index (κ2) is 6.36. The Bertz CT molecular complexity index is 240. The van der Waals surface area contributed by atoms with Crippen LogP contribution in [0.5, 0.6) is 0 Å². The van der Waals surface area contributed by atoms with Crippen LogP contribution in [0, 0.1) is 0 Å². The second-order valence-corrected chi connectivity index (χ2v) is 7.31. The maximum Gasteiger partial charge on any atom is 0.0600 e. The molecule has 18 heavy (non-hydrogen) atoms. The summed E-state index contributed by atoms with van der Waals surface area (Å²) in [5.41, 5.74) is 0.293. The molecule has 3 heteroatoms. The number of rotatable bonds is 3. The van der Waals surface area contributed by atoms with Gasteiger partial charge in [0, 0.05) is 25.2 Å². The van der Waals surface area contributed by atoms with E-state index in [1.807, 2.05) is 0 Å². The van der Waals surface area contributed by atoms with Crippen LogP contribution in [-0.4, -0.2) is 60.3 Å². The van der Waals surface area contributed by atoms with Gasteiger partial charge >= 0.3 is 0 Å². The Labute approximate surface area is 113 Å². The third-order valence-corrected chi connectivity index (χ3v) is 3.48. The third kappa shape index (κ3) is 6.17. The molecule has 0 aromatic heterocycles. The minimum atomic E-state index is -0.0106. The van der Waals surface area contributed by atoms with E-state index in [2.05, 4.69) is 51.3 Å². The third-order valence-electron chi connectivity index (χ3n) is 3.48. The quantitative estimate of drug-likeness (QED) is 0.772. The summed E-state index contributed by atoms with van der Waals surface area (Å²) >= 11 is 0. The van der Waals surface area contributed by atoms with Gasteiger partial charge in [0.15, 0.2) is 0 Å². The highest BCUT2D eigenvalue weighted by Gasteiger charge is 2.24. The summed E-state index contributed by atoms with van der Waals surface area (Å²) in [7, 11) is 0. The molecule has 1 rings (SSSR count). The van der Waals surface area contributed by atoms with Gasteiger partial charge in [0.2, 0.25) is 0 Å². The second-order valence-electron chi connectivity index (χ2n) is 7.31. The normalized spacial score (nSPS) is 21.0. The monoisotopic (exact) mass is 256 g/mol. The van der Waals surface area contributed by atoms with Crippen molar-refractivity contribution in [2.75, 3.05) is 39.3 Å². The summed E-state index contributed by atoms with van der Waals surface area (Å²) in [6, 6.07) is 0. The smallest absolute Gasteiger partial charge is 0.0600 e. The minimum Gasteiger partial charge on any atom is -0.375 e. The molecule has 0 aliphatic carbocycles. The highest BCUT2D eigenvalue weighted by molar-refractivity contribution is 4.80. The topological polar surface area (TPSA) is 15.7 Å². The van der Waals surface area contributed by atoms with E-state index in [0.717, 1.165) is 13.2 Å². The lowest BCUT2D eigenvalue weighted by Crippen LogP contribution is -2.43. The Kier molecular flexibility index (Phi) is 5.63. The molecule has 0 amide bonds. The van der Waals surface area contributed by atoms with Gasteiger partial charge in [-0.25, -0.2) is 0 Å². The zero-order valence-electron chi connectivity index (χ0n) is 13.3. The molecule has 0 aromatic carbocycles. The fourth-order valence-electron chi connectivity index (χ4n) is 2.35. The van der Waals surface area contributed by atoms with Crippen molar-refractivity contribution in [1.82, 2.24) is 9.80 Å². The highest BCUT2D eigenvalue weighted by atomic mass is 16.5. The van der Waals surface area contributed by atoms with Crippen molar-refractivity contribution in [1.29, 1.82) is 0 Å². The lowest BCUT2D eigenvalue weighted by Gasteiger charge is -2.34. The molecule has 3 nitrogen and oxygen atoms in total. The molecule has 1 heterocycles. The van der Waals surface area contributed by atoms with Crippen molar-refractivity contribution in [3.63, 3.8) is 0 Å². The first kappa shape index (κ1) is 15.9. The van der Waals surface area contributed by atoms with Gasteiger partial charge in [0.1, 0.15) is 0 Å². The largest absolute Gasteiger partial charge is 0.375 e. The van der Waals surface area contributed by atoms with Gasteiger partial charge in [-0.1, -0.05) is 0 Å². The Hall–Kier alpha value is -0.120. The van der Waals surface area contributed by atoms with E-state index in [1.165, 1.54) is 32.6 Å². The maximum absolute atomic E-state index is 5.81. The maximum atomic E-state index is 5.81. The molecular weight excluding hydrogens is 224 g/mol. The van der Waals surface area contributed by atoms with Crippen LogP contribution in [0.15, 0.2) is 0 Å². The summed E-state index contributed by atoms with van der Waals surface area (Å²) in [5.74, 6) is 0. The zero-order chi connectivity index (χ0) is 13.8. The van der Waals surface area contributed by atoms with Gasteiger partial charge < -0.3 is 4.74 Å². The van der Waals surface area contributed by atoms with Crippen molar-refractivity contribution in [2.45, 2.75) is 59.1 Å². The molecule has 0 radical (unpaired) electrons. The van der Waals surface area contributed by atoms with Gasteiger partial charge in [-0.3, -0.25) is 9.80 Å². The first-order valence-corrected chi connectivity index (χ1v) is 7.30. The van der Waals surface area contributed by atoms with E-state index in [1.54, 1.807) is 0 Å². The van der Waals surface area contributed by atoms with Crippen molar-refractivity contribution in [3.8, 4) is 0 Å². The molecule has 0 unspecified atom stereocenters. The van der Waals surface area contributed by atoms with Crippen LogP contribution < -0.4 is 0 Å². The van der Waals surface area contributed by atoms with E-state index in [0.29, 0.717) is 5.54 Å². The standard InChI is InChI=1S/C15H32N2O/c1-14(2,3)17-9-7-8-16(10-11-17)12-13-18-15(4,5)6/h7-13H2,1-6H3. The average Bonchev–Trinajstić information content (AvgIpc) is 2.40. The molecule has 1 aliphatic heterocycles. The molecule has 0 bridgehead atoms. The molecule has 1 saturated heterocycles. The Morgan fingerprint density at radius 2 is 1.56 bits per heavy atom. The van der Waals surface area contributed by atoms with Crippen LogP contribution in [0.25, 0.3) is 0 Å². The number of hydrogen-bond acceptors (Lipinski definition) is 3. The fourth-order valence-corrected chi connectivity index (χ4v) is 2.35. The van der Waals surface area contributed by atoms with Crippen molar-refractivity contribution >= 4 is 0 Å². The summed E-state index contributed by atoms with van der Waals surface area (Å²) in [6.07, 6.45) is 1.27. The Balaban J connectivity index is 2.30. The summed E-state index contributed by atoms with van der Waals surface area (Å²) in [6.45, 7) is 20.0. The van der Waals surface area contributed by atoms with E-state index >= 15 is 0 Å². The number of ether oxygens (including phenoxy) is 1. The summed E-state index contributed by atoms with van der Waals surface area (Å²) < 4.78 is 5.81. The number of nitrogens with zero attached hydrogens (tertiary/aromatic N) is 2. The van der Waals surface area contributed by atoms with E-state index in [9.17, 15) is 0 Å². The molecule has 1 aliphatic rings. The van der Waals surface area contributed by atoms with Crippen LogP contribution in [0.4, 0.5) is 0 Å². The fraction of sp³-hybridized carbons (Fsp3) is 1.00. The van der Waals surface area contributed by atoms with E-state index in [-0.39, 0.29) is 5.60 Å². The van der Waals surface area contributed by atoms with Crippen LogP contribution in [0.2, 0.25) is 0 Å². The van der Waals surface area contributed by atoms with Crippen LogP contribution >= 0.6 is 0 Å². The highest BCUT2D eigenvalue weighted by Crippen LogP contribution is 2.16. The first-order chi connectivity index (χ1) is 8.18. The predicted molar refractivity (Wildman–Crippen MR) is 78.1 cm³/mol.